The largest absolute Gasteiger partial charge is 0.387 e. The summed E-state index contributed by atoms with van der Waals surface area (Å²) in [7, 11) is 0. The van der Waals surface area contributed by atoms with Crippen LogP contribution in [0.5, 0.6) is 0 Å². The van der Waals surface area contributed by atoms with Gasteiger partial charge in [-0.15, -0.1) is 11.3 Å². The van der Waals surface area contributed by atoms with Gasteiger partial charge in [-0.1, -0.05) is 0 Å². The van der Waals surface area contributed by atoms with Crippen LogP contribution in [0.4, 0.5) is 0 Å². The van der Waals surface area contributed by atoms with Gasteiger partial charge < -0.3 is 10.8 Å². The van der Waals surface area contributed by atoms with E-state index in [-0.39, 0.29) is 0 Å². The summed E-state index contributed by atoms with van der Waals surface area (Å²) in [5.41, 5.74) is 7.51. The van der Waals surface area contributed by atoms with Crippen LogP contribution in [0.25, 0.3) is 0 Å². The summed E-state index contributed by atoms with van der Waals surface area (Å²) >= 11 is 1.66. The molecule has 1 unspecified atom stereocenters. The van der Waals surface area contributed by atoms with Crippen molar-refractivity contribution in [3.8, 4) is 0 Å². The molecule has 3 N–H and O–H groups in total. The molecule has 0 aliphatic carbocycles. The SMILES string of the molecule is Cc1csc(C)c1C(O)CN. The van der Waals surface area contributed by atoms with Crippen molar-refractivity contribution in [1.82, 2.24) is 0 Å². The fourth-order valence-corrected chi connectivity index (χ4v) is 2.10. The molecule has 0 aromatic carbocycles. The Morgan fingerprint density at radius 3 is 2.64 bits per heavy atom. The summed E-state index contributed by atoms with van der Waals surface area (Å²) in [5, 5.41) is 11.5. The molecule has 0 bridgehead atoms. The van der Waals surface area contributed by atoms with Gasteiger partial charge in [0, 0.05) is 11.4 Å². The fourth-order valence-electron chi connectivity index (χ4n) is 1.20. The Balaban J connectivity index is 3.00. The molecule has 0 aliphatic heterocycles. The first-order chi connectivity index (χ1) is 5.16. The maximum atomic E-state index is 9.46. The lowest BCUT2D eigenvalue weighted by Crippen LogP contribution is -2.12. The van der Waals surface area contributed by atoms with E-state index in [1.807, 2.05) is 19.2 Å². The molecule has 0 aliphatic rings. The van der Waals surface area contributed by atoms with Crippen LogP contribution in [0.2, 0.25) is 0 Å². The van der Waals surface area contributed by atoms with E-state index < -0.39 is 6.10 Å². The highest BCUT2D eigenvalue weighted by molar-refractivity contribution is 7.10. The number of aliphatic hydroxyl groups is 1. The van der Waals surface area contributed by atoms with Crippen LogP contribution in [-0.2, 0) is 0 Å². The second kappa shape index (κ2) is 3.34. The van der Waals surface area contributed by atoms with E-state index in [0.29, 0.717) is 6.54 Å². The maximum absolute atomic E-state index is 9.46. The highest BCUT2D eigenvalue weighted by atomic mass is 32.1. The minimum absolute atomic E-state index is 0.304. The Labute approximate surface area is 70.7 Å². The summed E-state index contributed by atoms with van der Waals surface area (Å²) in [6.45, 7) is 4.31. The Kier molecular flexibility index (Phi) is 2.65. The predicted molar refractivity (Wildman–Crippen MR) is 47.8 cm³/mol. The summed E-state index contributed by atoms with van der Waals surface area (Å²) in [5.74, 6) is 0. The van der Waals surface area contributed by atoms with Crippen molar-refractivity contribution in [2.75, 3.05) is 6.54 Å². The van der Waals surface area contributed by atoms with Crippen LogP contribution in [0.15, 0.2) is 5.38 Å². The second-order valence-electron chi connectivity index (χ2n) is 2.64. The van der Waals surface area contributed by atoms with E-state index >= 15 is 0 Å². The number of aryl methyl sites for hydroxylation is 2. The third kappa shape index (κ3) is 1.61. The lowest BCUT2D eigenvalue weighted by atomic mass is 10.1. The third-order valence-electron chi connectivity index (χ3n) is 1.77. The molecule has 0 saturated heterocycles. The molecule has 0 radical (unpaired) electrons. The van der Waals surface area contributed by atoms with Crippen molar-refractivity contribution in [3.63, 3.8) is 0 Å². The molecule has 0 spiro atoms. The molecule has 1 rings (SSSR count). The lowest BCUT2D eigenvalue weighted by Gasteiger charge is -2.08. The highest BCUT2D eigenvalue weighted by Crippen LogP contribution is 2.26. The molecule has 62 valence electrons. The third-order valence-corrected chi connectivity index (χ3v) is 2.82. The van der Waals surface area contributed by atoms with Crippen molar-refractivity contribution in [3.05, 3.63) is 21.4 Å². The normalized spacial score (nSPS) is 13.5. The van der Waals surface area contributed by atoms with E-state index in [2.05, 4.69) is 0 Å². The molecule has 1 atom stereocenters. The lowest BCUT2D eigenvalue weighted by molar-refractivity contribution is 0.186. The predicted octanol–water partition coefficient (Wildman–Crippen LogP) is 1.36. The summed E-state index contributed by atoms with van der Waals surface area (Å²) < 4.78 is 0. The quantitative estimate of drug-likeness (QED) is 0.705. The molecule has 0 saturated carbocycles. The average Bonchev–Trinajstić information content (AvgIpc) is 2.30. The molecule has 0 amide bonds. The minimum Gasteiger partial charge on any atom is -0.387 e. The number of aliphatic hydroxyl groups excluding tert-OH is 1. The summed E-state index contributed by atoms with van der Waals surface area (Å²) in [6, 6.07) is 0. The van der Waals surface area contributed by atoms with Crippen LogP contribution in [-0.4, -0.2) is 11.7 Å². The van der Waals surface area contributed by atoms with Crippen LogP contribution in [0.1, 0.15) is 22.1 Å². The van der Waals surface area contributed by atoms with Gasteiger partial charge in [0.1, 0.15) is 0 Å². The van der Waals surface area contributed by atoms with Crippen LogP contribution >= 0.6 is 11.3 Å². The van der Waals surface area contributed by atoms with Gasteiger partial charge in [0.15, 0.2) is 0 Å². The molecule has 11 heavy (non-hydrogen) atoms. The van der Waals surface area contributed by atoms with Gasteiger partial charge in [-0.2, -0.15) is 0 Å². The molecule has 1 aromatic heterocycles. The van der Waals surface area contributed by atoms with Crippen LogP contribution in [0.3, 0.4) is 0 Å². The Bertz CT molecular complexity index is 225. The van der Waals surface area contributed by atoms with E-state index in [1.165, 1.54) is 4.88 Å². The molecular weight excluding hydrogens is 158 g/mol. The van der Waals surface area contributed by atoms with E-state index in [0.717, 1.165) is 11.1 Å². The topological polar surface area (TPSA) is 46.2 Å². The smallest absolute Gasteiger partial charge is 0.0925 e. The van der Waals surface area contributed by atoms with Crippen molar-refractivity contribution < 1.29 is 5.11 Å². The summed E-state index contributed by atoms with van der Waals surface area (Å²) in [4.78, 5) is 1.17. The number of rotatable bonds is 2. The summed E-state index contributed by atoms with van der Waals surface area (Å²) in [6.07, 6.45) is -0.485. The minimum atomic E-state index is -0.485. The van der Waals surface area contributed by atoms with E-state index in [1.54, 1.807) is 11.3 Å². The van der Waals surface area contributed by atoms with Crippen LogP contribution < -0.4 is 5.73 Å². The van der Waals surface area contributed by atoms with Gasteiger partial charge in [-0.3, -0.25) is 0 Å². The number of hydrogen-bond donors (Lipinski definition) is 2. The van der Waals surface area contributed by atoms with Gasteiger partial charge in [-0.05, 0) is 30.4 Å². The standard InChI is InChI=1S/C8H13NOS/c1-5-4-11-6(2)8(5)7(10)3-9/h4,7,10H,3,9H2,1-2H3. The molecular formula is C8H13NOS. The van der Waals surface area contributed by atoms with Gasteiger partial charge in [0.05, 0.1) is 6.10 Å². The van der Waals surface area contributed by atoms with Gasteiger partial charge in [0.2, 0.25) is 0 Å². The Morgan fingerprint density at radius 2 is 2.27 bits per heavy atom. The number of nitrogens with two attached hydrogens (primary N) is 1. The Morgan fingerprint density at radius 1 is 1.64 bits per heavy atom. The molecule has 2 nitrogen and oxygen atoms in total. The zero-order valence-electron chi connectivity index (χ0n) is 6.79. The van der Waals surface area contributed by atoms with Gasteiger partial charge in [-0.25, -0.2) is 0 Å². The monoisotopic (exact) mass is 171 g/mol. The van der Waals surface area contributed by atoms with Crippen LogP contribution in [0, 0.1) is 13.8 Å². The van der Waals surface area contributed by atoms with Crippen molar-refractivity contribution in [2.45, 2.75) is 20.0 Å². The maximum Gasteiger partial charge on any atom is 0.0925 e. The van der Waals surface area contributed by atoms with Crippen molar-refractivity contribution >= 4 is 11.3 Å². The first kappa shape index (κ1) is 8.71. The molecule has 0 fully saturated rings. The number of hydrogen-bond acceptors (Lipinski definition) is 3. The van der Waals surface area contributed by atoms with Gasteiger partial charge in [0.25, 0.3) is 0 Å². The molecule has 1 heterocycles. The number of thiophene rings is 1. The molecule has 3 heteroatoms. The zero-order valence-corrected chi connectivity index (χ0v) is 7.61. The zero-order chi connectivity index (χ0) is 8.43. The van der Waals surface area contributed by atoms with Gasteiger partial charge >= 0.3 is 0 Å². The fraction of sp³-hybridized carbons (Fsp3) is 0.500. The Hall–Kier alpha value is -0.380. The first-order valence-electron chi connectivity index (χ1n) is 3.59. The van der Waals surface area contributed by atoms with Crippen molar-refractivity contribution in [1.29, 1.82) is 0 Å². The molecule has 1 aromatic rings. The van der Waals surface area contributed by atoms with E-state index in [4.69, 9.17) is 5.73 Å². The average molecular weight is 171 g/mol. The first-order valence-corrected chi connectivity index (χ1v) is 4.47. The van der Waals surface area contributed by atoms with E-state index in [9.17, 15) is 5.11 Å². The second-order valence-corrected chi connectivity index (χ2v) is 3.72. The van der Waals surface area contributed by atoms with Crippen molar-refractivity contribution in [2.24, 2.45) is 5.73 Å². The highest BCUT2D eigenvalue weighted by Gasteiger charge is 2.12.